The minimum atomic E-state index is -3.99. The van der Waals surface area contributed by atoms with E-state index in [2.05, 4.69) is 4.72 Å². The van der Waals surface area contributed by atoms with Gasteiger partial charge in [0.05, 0.1) is 5.92 Å². The topological polar surface area (TPSA) is 83.5 Å². The molecule has 0 radical (unpaired) electrons. The molecule has 5 nitrogen and oxygen atoms in total. The molecule has 2 N–H and O–H groups in total. The average Bonchev–Trinajstić information content (AvgIpc) is 2.55. The first-order valence-electron chi connectivity index (χ1n) is 7.81. The number of rotatable bonds is 4. The van der Waals surface area contributed by atoms with E-state index in [1.807, 2.05) is 0 Å². The van der Waals surface area contributed by atoms with Gasteiger partial charge in [0.1, 0.15) is 4.90 Å². The first kappa shape index (κ1) is 16.9. The Balaban J connectivity index is 1.81. The van der Waals surface area contributed by atoms with Crippen molar-refractivity contribution in [1.82, 2.24) is 4.72 Å². The summed E-state index contributed by atoms with van der Waals surface area (Å²) < 4.78 is 42.1. The number of hydrogen-bond donors (Lipinski definition) is 2. The van der Waals surface area contributed by atoms with Gasteiger partial charge in [0.2, 0.25) is 10.0 Å². The van der Waals surface area contributed by atoms with Crippen LogP contribution in [0.15, 0.2) is 41.3 Å². The lowest BCUT2D eigenvalue weighted by atomic mass is 9.87. The van der Waals surface area contributed by atoms with Crippen LogP contribution >= 0.6 is 0 Å². The monoisotopic (exact) mass is 351 g/mol. The van der Waals surface area contributed by atoms with Crippen molar-refractivity contribution in [2.24, 2.45) is 5.92 Å². The van der Waals surface area contributed by atoms with Crippen LogP contribution in [0.2, 0.25) is 0 Å². The molecule has 1 fully saturated rings. The molecule has 2 aromatic rings. The second-order valence-electron chi connectivity index (χ2n) is 6.11. The molecule has 0 heterocycles. The standard InChI is InChI=1S/C17H18FNO4S/c18-16-14-4-2-1-3-11(14)7-10-15(16)24(22,23)19-13-8-5-12(6-9-13)17(20)21/h1-4,7,10,12-13,19H,5-6,8-9H2,(H,20,21). The minimum absolute atomic E-state index is 0.259. The maximum absolute atomic E-state index is 14.6. The highest BCUT2D eigenvalue weighted by atomic mass is 32.2. The van der Waals surface area contributed by atoms with Crippen molar-refractivity contribution in [3.8, 4) is 0 Å². The summed E-state index contributed by atoms with van der Waals surface area (Å²) in [6.07, 6.45) is 1.71. The molecule has 1 saturated carbocycles. The third-order valence-electron chi connectivity index (χ3n) is 4.52. The zero-order valence-electron chi connectivity index (χ0n) is 12.9. The van der Waals surface area contributed by atoms with Gasteiger partial charge in [-0.3, -0.25) is 4.79 Å². The lowest BCUT2D eigenvalue weighted by Gasteiger charge is -2.26. The molecule has 128 valence electrons. The van der Waals surface area contributed by atoms with Crippen molar-refractivity contribution in [3.63, 3.8) is 0 Å². The van der Waals surface area contributed by atoms with E-state index in [0.29, 0.717) is 31.1 Å². The van der Waals surface area contributed by atoms with Gasteiger partial charge < -0.3 is 5.11 Å². The zero-order chi connectivity index (χ0) is 17.3. The normalized spacial score (nSPS) is 21.7. The Kier molecular flexibility index (Phi) is 4.56. The van der Waals surface area contributed by atoms with Crippen LogP contribution in [0.5, 0.6) is 0 Å². The van der Waals surface area contributed by atoms with E-state index in [1.54, 1.807) is 30.3 Å². The second kappa shape index (κ2) is 6.49. The summed E-state index contributed by atoms with van der Waals surface area (Å²) in [4.78, 5) is 10.6. The van der Waals surface area contributed by atoms with E-state index in [4.69, 9.17) is 5.11 Å². The molecule has 0 amide bonds. The van der Waals surface area contributed by atoms with Crippen molar-refractivity contribution < 1.29 is 22.7 Å². The molecule has 0 aromatic heterocycles. The second-order valence-corrected chi connectivity index (χ2v) is 7.79. The molecule has 2 aromatic carbocycles. The molecule has 0 unspecified atom stereocenters. The molecule has 0 spiro atoms. The smallest absolute Gasteiger partial charge is 0.306 e. The van der Waals surface area contributed by atoms with E-state index in [1.165, 1.54) is 6.07 Å². The maximum Gasteiger partial charge on any atom is 0.306 e. The molecule has 7 heteroatoms. The minimum Gasteiger partial charge on any atom is -0.481 e. The summed E-state index contributed by atoms with van der Waals surface area (Å²) in [5.74, 6) is -2.04. The van der Waals surface area contributed by atoms with Crippen LogP contribution in [0, 0.1) is 11.7 Å². The highest BCUT2D eigenvalue weighted by molar-refractivity contribution is 7.89. The van der Waals surface area contributed by atoms with E-state index < -0.39 is 27.7 Å². The number of fused-ring (bicyclic) bond motifs is 1. The maximum atomic E-state index is 14.6. The molecule has 0 bridgehead atoms. The van der Waals surface area contributed by atoms with Gasteiger partial charge in [-0.25, -0.2) is 17.5 Å². The van der Waals surface area contributed by atoms with Crippen LogP contribution in [0.3, 0.4) is 0 Å². The van der Waals surface area contributed by atoms with Gasteiger partial charge in [-0.2, -0.15) is 0 Å². The Morgan fingerprint density at radius 2 is 1.75 bits per heavy atom. The highest BCUT2D eigenvalue weighted by Gasteiger charge is 2.30. The van der Waals surface area contributed by atoms with Crippen LogP contribution in [0.1, 0.15) is 25.7 Å². The molecule has 24 heavy (non-hydrogen) atoms. The first-order chi connectivity index (χ1) is 11.4. The Morgan fingerprint density at radius 3 is 2.42 bits per heavy atom. The third-order valence-corrected chi connectivity index (χ3v) is 6.05. The number of aliphatic carboxylic acids is 1. The summed E-state index contributed by atoms with van der Waals surface area (Å²) in [6.45, 7) is 0. The molecule has 3 rings (SSSR count). The Morgan fingerprint density at radius 1 is 1.08 bits per heavy atom. The van der Waals surface area contributed by atoms with Crippen LogP contribution in [-0.4, -0.2) is 25.5 Å². The van der Waals surface area contributed by atoms with Gasteiger partial charge in [-0.1, -0.05) is 30.3 Å². The largest absolute Gasteiger partial charge is 0.481 e. The number of benzene rings is 2. The average molecular weight is 351 g/mol. The predicted octanol–water partition coefficient (Wildman–Crippen LogP) is 2.90. The highest BCUT2D eigenvalue weighted by Crippen LogP contribution is 2.28. The fraction of sp³-hybridized carbons (Fsp3) is 0.353. The number of carbonyl (C=O) groups is 1. The fourth-order valence-corrected chi connectivity index (χ4v) is 4.56. The number of carboxylic acids is 1. The molecule has 0 aliphatic heterocycles. The number of hydrogen-bond acceptors (Lipinski definition) is 3. The molecule has 0 saturated heterocycles. The van der Waals surface area contributed by atoms with Gasteiger partial charge in [0.15, 0.2) is 5.82 Å². The van der Waals surface area contributed by atoms with Crippen molar-refractivity contribution >= 4 is 26.8 Å². The van der Waals surface area contributed by atoms with Gasteiger partial charge >= 0.3 is 5.97 Å². The first-order valence-corrected chi connectivity index (χ1v) is 9.29. The van der Waals surface area contributed by atoms with Crippen LogP contribution in [0.4, 0.5) is 4.39 Å². The predicted molar refractivity (Wildman–Crippen MR) is 87.6 cm³/mol. The molecule has 1 aliphatic carbocycles. The van der Waals surface area contributed by atoms with Crippen molar-refractivity contribution in [2.45, 2.75) is 36.6 Å². The fourth-order valence-electron chi connectivity index (χ4n) is 3.16. The van der Waals surface area contributed by atoms with E-state index in [0.717, 1.165) is 0 Å². The van der Waals surface area contributed by atoms with Crippen molar-refractivity contribution in [3.05, 3.63) is 42.2 Å². The Bertz CT molecular complexity index is 873. The number of carboxylic acid groups (broad SMARTS) is 1. The Labute approximate surface area is 139 Å². The number of halogens is 1. The van der Waals surface area contributed by atoms with Crippen molar-refractivity contribution in [2.75, 3.05) is 0 Å². The van der Waals surface area contributed by atoms with Gasteiger partial charge in [-0.05, 0) is 37.1 Å². The number of sulfonamides is 1. The summed E-state index contributed by atoms with van der Waals surface area (Å²) in [5.41, 5.74) is 0. The van der Waals surface area contributed by atoms with Crippen LogP contribution in [-0.2, 0) is 14.8 Å². The summed E-state index contributed by atoms with van der Waals surface area (Å²) >= 11 is 0. The van der Waals surface area contributed by atoms with Gasteiger partial charge in [-0.15, -0.1) is 0 Å². The van der Waals surface area contributed by atoms with E-state index in [9.17, 15) is 17.6 Å². The van der Waals surface area contributed by atoms with Crippen molar-refractivity contribution in [1.29, 1.82) is 0 Å². The van der Waals surface area contributed by atoms with Gasteiger partial charge in [0, 0.05) is 11.4 Å². The molecule has 0 atom stereocenters. The summed E-state index contributed by atoms with van der Waals surface area (Å²) in [6, 6.07) is 9.16. The lowest BCUT2D eigenvalue weighted by Crippen LogP contribution is -2.39. The molecule has 1 aliphatic rings. The summed E-state index contributed by atoms with van der Waals surface area (Å²) in [7, 11) is -3.99. The zero-order valence-corrected chi connectivity index (χ0v) is 13.7. The molecular formula is C17H18FNO4S. The number of nitrogens with one attached hydrogen (secondary N) is 1. The summed E-state index contributed by atoms with van der Waals surface area (Å²) in [5, 5.41) is 9.88. The van der Waals surface area contributed by atoms with Gasteiger partial charge in [0.25, 0.3) is 0 Å². The van der Waals surface area contributed by atoms with Crippen LogP contribution in [0.25, 0.3) is 10.8 Å². The SMILES string of the molecule is O=C(O)C1CCC(NS(=O)(=O)c2ccc3ccccc3c2F)CC1. The molecular weight excluding hydrogens is 333 g/mol. The van der Waals surface area contributed by atoms with E-state index >= 15 is 0 Å². The lowest BCUT2D eigenvalue weighted by molar-refractivity contribution is -0.142. The Hall–Kier alpha value is -1.99. The quantitative estimate of drug-likeness (QED) is 0.887. The van der Waals surface area contributed by atoms with Crippen LogP contribution < -0.4 is 4.72 Å². The van der Waals surface area contributed by atoms with E-state index in [-0.39, 0.29) is 16.3 Å². The third kappa shape index (κ3) is 3.27.